The molecule has 0 aromatic carbocycles. The summed E-state index contributed by atoms with van der Waals surface area (Å²) in [7, 11) is 0. The van der Waals surface area contributed by atoms with Crippen LogP contribution in [0.4, 0.5) is 18.0 Å². The molecule has 1 amide bonds. The molecule has 1 fully saturated rings. The summed E-state index contributed by atoms with van der Waals surface area (Å²) in [6.45, 7) is 2.71. The summed E-state index contributed by atoms with van der Waals surface area (Å²) in [5, 5.41) is 8.55. The number of nitrogens with zero attached hydrogens (tertiary/aromatic N) is 1. The molecule has 1 N–H and O–H groups in total. The highest BCUT2D eigenvalue weighted by Gasteiger charge is 2.64. The summed E-state index contributed by atoms with van der Waals surface area (Å²) in [4.78, 5) is 12.5. The quantitative estimate of drug-likeness (QED) is 0.854. The second kappa shape index (κ2) is 5.16. The fourth-order valence-corrected chi connectivity index (χ4v) is 1.62. The van der Waals surface area contributed by atoms with Crippen molar-refractivity contribution in [3.63, 3.8) is 0 Å². The van der Waals surface area contributed by atoms with Gasteiger partial charge in [0.15, 0.2) is 5.60 Å². The van der Waals surface area contributed by atoms with Crippen molar-refractivity contribution in [3.8, 4) is 0 Å². The van der Waals surface area contributed by atoms with E-state index in [1.807, 2.05) is 0 Å². The van der Waals surface area contributed by atoms with E-state index >= 15 is 0 Å². The summed E-state index contributed by atoms with van der Waals surface area (Å²) in [5.41, 5.74) is -3.16. The number of alkyl halides is 3. The molecule has 0 unspecified atom stereocenters. The van der Waals surface area contributed by atoms with Crippen molar-refractivity contribution in [3.05, 3.63) is 0 Å². The number of rotatable bonds is 3. The Balaban J connectivity index is 2.62. The molecule has 0 atom stereocenters. The Morgan fingerprint density at radius 2 is 1.84 bits per heavy atom. The third-order valence-corrected chi connectivity index (χ3v) is 2.53. The molecule has 0 aromatic rings. The van der Waals surface area contributed by atoms with Crippen LogP contribution in [0.25, 0.3) is 0 Å². The van der Waals surface area contributed by atoms with Crippen molar-refractivity contribution in [2.24, 2.45) is 0 Å². The topological polar surface area (TPSA) is 59.0 Å². The maximum absolute atomic E-state index is 12.9. The summed E-state index contributed by atoms with van der Waals surface area (Å²) in [6, 6.07) is 0. The van der Waals surface area contributed by atoms with Crippen LogP contribution in [0, 0.1) is 0 Å². The molecule has 1 rings (SSSR count). The van der Waals surface area contributed by atoms with Gasteiger partial charge in [-0.2, -0.15) is 13.2 Å². The van der Waals surface area contributed by atoms with Gasteiger partial charge in [-0.1, -0.05) is 0 Å². The number of aliphatic hydroxyl groups excluding tert-OH is 1. The number of carbonyl (C=O) groups excluding carboxylic acids is 1. The van der Waals surface area contributed by atoms with E-state index in [9.17, 15) is 18.0 Å². The zero-order valence-corrected chi connectivity index (χ0v) is 11.1. The van der Waals surface area contributed by atoms with E-state index in [-0.39, 0.29) is 0 Å². The molecule has 0 radical (unpaired) electrons. The van der Waals surface area contributed by atoms with Gasteiger partial charge in [0.2, 0.25) is 0 Å². The highest BCUT2D eigenvalue weighted by Crippen LogP contribution is 2.41. The summed E-state index contributed by atoms with van der Waals surface area (Å²) in [6.07, 6.45) is -5.40. The van der Waals surface area contributed by atoms with Gasteiger partial charge in [0, 0.05) is 0 Å². The lowest BCUT2D eigenvalue weighted by Gasteiger charge is -2.49. The van der Waals surface area contributed by atoms with Crippen molar-refractivity contribution in [2.45, 2.75) is 38.1 Å². The SMILES string of the molecule is CC(C)(C)OC(=O)N1CC(OCCO)(C(F)(F)F)C1. The number of amides is 1. The van der Waals surface area contributed by atoms with Gasteiger partial charge in [0.1, 0.15) is 5.60 Å². The third-order valence-electron chi connectivity index (χ3n) is 2.53. The van der Waals surface area contributed by atoms with Crippen LogP contribution >= 0.6 is 0 Å². The van der Waals surface area contributed by atoms with E-state index in [2.05, 4.69) is 4.74 Å². The van der Waals surface area contributed by atoms with Crippen LogP contribution in [0.2, 0.25) is 0 Å². The number of aliphatic hydroxyl groups is 1. The first-order chi connectivity index (χ1) is 8.51. The largest absolute Gasteiger partial charge is 0.444 e. The van der Waals surface area contributed by atoms with E-state index in [1.54, 1.807) is 20.8 Å². The molecule has 5 nitrogen and oxygen atoms in total. The van der Waals surface area contributed by atoms with Crippen molar-refractivity contribution < 1.29 is 32.5 Å². The second-order valence-electron chi connectivity index (χ2n) is 5.40. The van der Waals surface area contributed by atoms with Gasteiger partial charge in [-0.05, 0) is 20.8 Å². The minimum atomic E-state index is -4.60. The molecule has 0 bridgehead atoms. The van der Waals surface area contributed by atoms with Gasteiger partial charge in [-0.25, -0.2) is 4.79 Å². The lowest BCUT2D eigenvalue weighted by atomic mass is 9.93. The Hall–Kier alpha value is -1.02. The first-order valence-electron chi connectivity index (χ1n) is 5.80. The standard InChI is InChI=1S/C11H18F3NO4/c1-9(2,3)19-8(17)15-6-10(7-15,11(12,13)14)18-5-4-16/h16H,4-7H2,1-3H3. The molecule has 1 saturated heterocycles. The van der Waals surface area contributed by atoms with Gasteiger partial charge in [-0.3, -0.25) is 0 Å². The zero-order valence-electron chi connectivity index (χ0n) is 11.1. The molecule has 8 heteroatoms. The van der Waals surface area contributed by atoms with Crippen molar-refractivity contribution >= 4 is 6.09 Å². The Labute approximate surface area is 109 Å². The Morgan fingerprint density at radius 1 is 1.32 bits per heavy atom. The van der Waals surface area contributed by atoms with Gasteiger partial charge in [0.25, 0.3) is 0 Å². The average molecular weight is 285 g/mol. The Bertz CT molecular complexity index is 332. The van der Waals surface area contributed by atoms with Crippen LogP contribution in [0.5, 0.6) is 0 Å². The van der Waals surface area contributed by atoms with E-state index < -0.39 is 49.8 Å². The number of hydrogen-bond acceptors (Lipinski definition) is 4. The average Bonchev–Trinajstić information content (AvgIpc) is 2.10. The van der Waals surface area contributed by atoms with E-state index in [4.69, 9.17) is 9.84 Å². The predicted molar refractivity (Wildman–Crippen MR) is 59.6 cm³/mol. The van der Waals surface area contributed by atoms with E-state index in [0.717, 1.165) is 4.90 Å². The minimum absolute atomic E-state index is 0.429. The normalized spacial score (nSPS) is 19.0. The second-order valence-corrected chi connectivity index (χ2v) is 5.40. The van der Waals surface area contributed by atoms with Gasteiger partial charge in [0.05, 0.1) is 26.3 Å². The molecule has 0 spiro atoms. The summed E-state index contributed by atoms with van der Waals surface area (Å²) in [5.74, 6) is 0. The number of likely N-dealkylation sites (tertiary alicyclic amines) is 1. The van der Waals surface area contributed by atoms with Crippen LogP contribution < -0.4 is 0 Å². The first kappa shape index (κ1) is 16.0. The molecule has 0 aromatic heterocycles. The van der Waals surface area contributed by atoms with E-state index in [1.165, 1.54) is 0 Å². The third kappa shape index (κ3) is 3.73. The maximum Gasteiger partial charge on any atom is 0.420 e. The highest BCUT2D eigenvalue weighted by atomic mass is 19.4. The molecule has 1 aliphatic rings. The van der Waals surface area contributed by atoms with Crippen LogP contribution in [0.15, 0.2) is 0 Å². The smallest absolute Gasteiger partial charge is 0.420 e. The fourth-order valence-electron chi connectivity index (χ4n) is 1.62. The monoisotopic (exact) mass is 285 g/mol. The molecule has 0 aliphatic carbocycles. The van der Waals surface area contributed by atoms with Crippen molar-refractivity contribution in [2.75, 3.05) is 26.3 Å². The molecule has 19 heavy (non-hydrogen) atoms. The van der Waals surface area contributed by atoms with Crippen molar-refractivity contribution in [1.29, 1.82) is 0 Å². The molecular weight excluding hydrogens is 267 g/mol. The molecule has 112 valence electrons. The maximum atomic E-state index is 12.9. The number of halogens is 3. The molecule has 1 heterocycles. The molecule has 0 saturated carbocycles. The molecular formula is C11H18F3NO4. The first-order valence-corrected chi connectivity index (χ1v) is 5.80. The van der Waals surface area contributed by atoms with Crippen LogP contribution in [-0.2, 0) is 9.47 Å². The minimum Gasteiger partial charge on any atom is -0.444 e. The lowest BCUT2D eigenvalue weighted by Crippen LogP contribution is -2.72. The summed E-state index contributed by atoms with van der Waals surface area (Å²) >= 11 is 0. The number of ether oxygens (including phenoxy) is 2. The lowest BCUT2D eigenvalue weighted by molar-refractivity contribution is -0.314. The Morgan fingerprint density at radius 3 is 2.21 bits per heavy atom. The van der Waals surface area contributed by atoms with Crippen LogP contribution in [0.3, 0.4) is 0 Å². The highest BCUT2D eigenvalue weighted by molar-refractivity contribution is 5.69. The molecule has 1 aliphatic heterocycles. The van der Waals surface area contributed by atoms with E-state index in [0.29, 0.717) is 0 Å². The van der Waals surface area contributed by atoms with Gasteiger partial charge < -0.3 is 19.5 Å². The van der Waals surface area contributed by atoms with Crippen LogP contribution in [-0.4, -0.2) is 59.8 Å². The fraction of sp³-hybridized carbons (Fsp3) is 0.909. The van der Waals surface area contributed by atoms with Crippen molar-refractivity contribution in [1.82, 2.24) is 4.90 Å². The zero-order chi connectivity index (χ0) is 14.9. The predicted octanol–water partition coefficient (Wildman–Crippen LogP) is 1.55. The Kier molecular flexibility index (Phi) is 4.36. The van der Waals surface area contributed by atoms with Crippen LogP contribution in [0.1, 0.15) is 20.8 Å². The number of carbonyl (C=O) groups is 1. The van der Waals surface area contributed by atoms with Gasteiger partial charge >= 0.3 is 12.3 Å². The summed E-state index contributed by atoms with van der Waals surface area (Å²) < 4.78 is 48.2. The van der Waals surface area contributed by atoms with Gasteiger partial charge in [-0.15, -0.1) is 0 Å². The number of hydrogen-bond donors (Lipinski definition) is 1.